The third-order valence-electron chi connectivity index (χ3n) is 6.71. The molecule has 7 heteroatoms. The van der Waals surface area contributed by atoms with Crippen LogP contribution in [0.15, 0.2) is 12.4 Å². The number of nitrogens with one attached hydrogen (secondary N) is 1. The van der Waals surface area contributed by atoms with Gasteiger partial charge < -0.3 is 19.7 Å². The fourth-order valence-corrected chi connectivity index (χ4v) is 5.46. The molecule has 0 aromatic carbocycles. The second-order valence-corrected chi connectivity index (χ2v) is 8.48. The van der Waals surface area contributed by atoms with Crippen molar-refractivity contribution in [2.75, 3.05) is 26.2 Å². The second-order valence-electron chi connectivity index (χ2n) is 8.48. The summed E-state index contributed by atoms with van der Waals surface area (Å²) in [6.45, 7) is 5.22. The maximum Gasteiger partial charge on any atom is 0.223 e. The summed E-state index contributed by atoms with van der Waals surface area (Å²) in [5, 5.41) is 2.98. The zero-order valence-electron chi connectivity index (χ0n) is 16.4. The van der Waals surface area contributed by atoms with Gasteiger partial charge in [0.25, 0.3) is 0 Å². The predicted molar refractivity (Wildman–Crippen MR) is 102 cm³/mol. The van der Waals surface area contributed by atoms with Crippen LogP contribution in [0.4, 0.5) is 0 Å². The number of piperidine rings is 3. The van der Waals surface area contributed by atoms with Crippen molar-refractivity contribution in [2.45, 2.75) is 51.1 Å². The Hall–Kier alpha value is -1.89. The highest BCUT2D eigenvalue weighted by molar-refractivity contribution is 5.78. The Morgan fingerprint density at radius 3 is 2.89 bits per heavy atom. The van der Waals surface area contributed by atoms with E-state index in [9.17, 15) is 9.59 Å². The van der Waals surface area contributed by atoms with E-state index in [-0.39, 0.29) is 17.9 Å². The minimum Gasteiger partial charge on any atom is -0.354 e. The normalized spacial score (nSPS) is 30.9. The van der Waals surface area contributed by atoms with E-state index in [4.69, 9.17) is 0 Å². The molecule has 27 heavy (non-hydrogen) atoms. The third-order valence-corrected chi connectivity index (χ3v) is 6.71. The number of hydrogen-bond acceptors (Lipinski definition) is 4. The summed E-state index contributed by atoms with van der Waals surface area (Å²) in [6.07, 6.45) is 8.75. The highest BCUT2D eigenvalue weighted by Crippen LogP contribution is 2.41. The Bertz CT molecular complexity index is 702. The van der Waals surface area contributed by atoms with Crippen LogP contribution in [0.5, 0.6) is 0 Å². The van der Waals surface area contributed by atoms with Crippen LogP contribution < -0.4 is 5.32 Å². The molecule has 2 bridgehead atoms. The van der Waals surface area contributed by atoms with Gasteiger partial charge in [0.2, 0.25) is 11.8 Å². The number of aryl methyl sites for hydroxylation is 1. The number of carbonyl (C=O) groups is 2. The van der Waals surface area contributed by atoms with Crippen LogP contribution in [0.3, 0.4) is 0 Å². The highest BCUT2D eigenvalue weighted by Gasteiger charge is 2.49. The Labute approximate surface area is 161 Å². The molecular formula is C20H31N5O2. The Morgan fingerprint density at radius 2 is 2.15 bits per heavy atom. The molecular weight excluding hydrogens is 342 g/mol. The van der Waals surface area contributed by atoms with Crippen molar-refractivity contribution in [1.29, 1.82) is 0 Å². The Balaban J connectivity index is 1.48. The van der Waals surface area contributed by atoms with Gasteiger partial charge in [0.1, 0.15) is 5.82 Å². The first-order chi connectivity index (χ1) is 13.0. The lowest BCUT2D eigenvalue weighted by molar-refractivity contribution is -0.153. The van der Waals surface area contributed by atoms with E-state index in [2.05, 4.69) is 24.7 Å². The van der Waals surface area contributed by atoms with E-state index in [0.29, 0.717) is 30.8 Å². The number of rotatable bonds is 5. The number of nitrogens with zero attached hydrogens (tertiary/aromatic N) is 4. The minimum absolute atomic E-state index is 0.0134. The van der Waals surface area contributed by atoms with E-state index in [1.807, 2.05) is 19.4 Å². The fourth-order valence-electron chi connectivity index (χ4n) is 5.46. The molecule has 148 valence electrons. The van der Waals surface area contributed by atoms with Crippen LogP contribution >= 0.6 is 0 Å². The Morgan fingerprint density at radius 1 is 1.33 bits per heavy atom. The molecule has 4 atom stereocenters. The number of fused-ring (bicyclic) bond motifs is 4. The number of likely N-dealkylation sites (tertiary alicyclic amines) is 1. The van der Waals surface area contributed by atoms with Gasteiger partial charge in [-0.3, -0.25) is 9.59 Å². The molecule has 1 aromatic heterocycles. The van der Waals surface area contributed by atoms with Crippen LogP contribution in [0, 0.1) is 11.8 Å². The molecule has 1 aromatic rings. The summed E-state index contributed by atoms with van der Waals surface area (Å²) in [5.74, 6) is 2.39. The van der Waals surface area contributed by atoms with Crippen LogP contribution in [-0.2, 0) is 23.1 Å². The van der Waals surface area contributed by atoms with Gasteiger partial charge in [0.05, 0.1) is 6.04 Å². The van der Waals surface area contributed by atoms with Gasteiger partial charge in [-0.2, -0.15) is 0 Å². The smallest absolute Gasteiger partial charge is 0.223 e. The molecule has 3 aliphatic heterocycles. The van der Waals surface area contributed by atoms with Gasteiger partial charge in [-0.15, -0.1) is 0 Å². The standard InChI is InChI=1S/C20H31N5O2/c1-14(26)22-11-18-16-10-15(17-4-3-5-20(27)25(17)18)12-24(13-16)8-6-19-21-7-9-23(19)2/h7,9,15-18H,3-6,8,10-13H2,1-2H3,(H,22,26)/t15-,16+,17+,18+/m1/s1. The van der Waals surface area contributed by atoms with E-state index in [0.717, 1.165) is 44.7 Å². The summed E-state index contributed by atoms with van der Waals surface area (Å²) >= 11 is 0. The lowest BCUT2D eigenvalue weighted by atomic mass is 9.72. The molecule has 0 unspecified atom stereocenters. The maximum absolute atomic E-state index is 12.7. The molecule has 2 amide bonds. The summed E-state index contributed by atoms with van der Waals surface area (Å²) < 4.78 is 2.09. The molecule has 0 radical (unpaired) electrons. The first-order valence-electron chi connectivity index (χ1n) is 10.3. The van der Waals surface area contributed by atoms with E-state index >= 15 is 0 Å². The molecule has 3 saturated heterocycles. The van der Waals surface area contributed by atoms with E-state index < -0.39 is 0 Å². The molecule has 7 nitrogen and oxygen atoms in total. The Kier molecular flexibility index (Phi) is 5.21. The number of imidazole rings is 1. The van der Waals surface area contributed by atoms with Gasteiger partial charge in [0.15, 0.2) is 0 Å². The van der Waals surface area contributed by atoms with Crippen molar-refractivity contribution in [2.24, 2.45) is 18.9 Å². The summed E-state index contributed by atoms with van der Waals surface area (Å²) in [7, 11) is 2.04. The summed E-state index contributed by atoms with van der Waals surface area (Å²) in [4.78, 5) is 33.4. The van der Waals surface area contributed by atoms with Gasteiger partial charge in [0, 0.05) is 71.4 Å². The van der Waals surface area contributed by atoms with Gasteiger partial charge >= 0.3 is 0 Å². The van der Waals surface area contributed by atoms with Gasteiger partial charge in [-0.1, -0.05) is 0 Å². The van der Waals surface area contributed by atoms with Crippen molar-refractivity contribution in [3.05, 3.63) is 18.2 Å². The SMILES string of the molecule is CC(=O)NC[C@H]1[C@H]2C[C@H](CN(CCc3nccn3C)C2)[C@@H]2CCCC(=O)N21. The second kappa shape index (κ2) is 7.62. The molecule has 3 fully saturated rings. The number of amides is 2. The molecule has 0 spiro atoms. The average molecular weight is 374 g/mol. The first kappa shape index (κ1) is 18.5. The van der Waals surface area contributed by atoms with E-state index in [1.165, 1.54) is 6.42 Å². The number of carbonyl (C=O) groups excluding carboxylic acids is 2. The lowest BCUT2D eigenvalue weighted by Gasteiger charge is -2.56. The predicted octanol–water partition coefficient (Wildman–Crippen LogP) is 0.800. The summed E-state index contributed by atoms with van der Waals surface area (Å²) in [5.41, 5.74) is 0. The van der Waals surface area contributed by atoms with Crippen LogP contribution in [0.25, 0.3) is 0 Å². The van der Waals surface area contributed by atoms with Crippen molar-refractivity contribution in [3.8, 4) is 0 Å². The maximum atomic E-state index is 12.7. The van der Waals surface area contributed by atoms with Gasteiger partial charge in [-0.05, 0) is 31.1 Å². The quantitative estimate of drug-likeness (QED) is 0.829. The van der Waals surface area contributed by atoms with Crippen molar-refractivity contribution in [3.63, 3.8) is 0 Å². The van der Waals surface area contributed by atoms with Crippen molar-refractivity contribution >= 4 is 11.8 Å². The van der Waals surface area contributed by atoms with Crippen molar-refractivity contribution < 1.29 is 9.59 Å². The molecule has 0 saturated carbocycles. The van der Waals surface area contributed by atoms with Crippen LogP contribution in [0.2, 0.25) is 0 Å². The number of aromatic nitrogens is 2. The van der Waals surface area contributed by atoms with E-state index in [1.54, 1.807) is 6.92 Å². The topological polar surface area (TPSA) is 70.5 Å². The first-order valence-corrected chi connectivity index (χ1v) is 10.3. The zero-order chi connectivity index (χ0) is 19.0. The highest BCUT2D eigenvalue weighted by atomic mass is 16.2. The molecule has 4 heterocycles. The fraction of sp³-hybridized carbons (Fsp3) is 0.750. The lowest BCUT2D eigenvalue weighted by Crippen LogP contribution is -2.67. The molecule has 1 N–H and O–H groups in total. The monoisotopic (exact) mass is 373 g/mol. The van der Waals surface area contributed by atoms with Crippen molar-refractivity contribution in [1.82, 2.24) is 24.7 Å². The molecule has 0 aliphatic carbocycles. The molecule has 3 aliphatic rings. The van der Waals surface area contributed by atoms with Crippen LogP contribution in [-0.4, -0.2) is 69.4 Å². The van der Waals surface area contributed by atoms with Crippen LogP contribution in [0.1, 0.15) is 38.4 Å². The summed E-state index contributed by atoms with van der Waals surface area (Å²) in [6, 6.07) is 0.483. The van der Waals surface area contributed by atoms with Gasteiger partial charge in [-0.25, -0.2) is 4.98 Å². The molecule has 4 rings (SSSR count). The number of hydrogen-bond donors (Lipinski definition) is 1. The average Bonchev–Trinajstić information content (AvgIpc) is 3.05. The minimum atomic E-state index is -0.0134. The third kappa shape index (κ3) is 3.74. The largest absolute Gasteiger partial charge is 0.354 e. The zero-order valence-corrected chi connectivity index (χ0v) is 16.4.